The Hall–Kier alpha value is -0.120. The lowest BCUT2D eigenvalue weighted by molar-refractivity contribution is -0.00557. The summed E-state index contributed by atoms with van der Waals surface area (Å²) in [6.45, 7) is 10.5. The fraction of sp³-hybridized carbons (Fsp3) is 1.00. The molecule has 0 radical (unpaired) electrons. The van der Waals surface area contributed by atoms with Crippen LogP contribution in [0.5, 0.6) is 0 Å². The maximum atomic E-state index is 5.81. The topological polar surface area (TPSA) is 38.5 Å². The molecule has 3 heteroatoms. The number of methoxy groups -OCH3 is 1. The van der Waals surface area contributed by atoms with Gasteiger partial charge < -0.3 is 15.4 Å². The summed E-state index contributed by atoms with van der Waals surface area (Å²) in [5.41, 5.74) is 5.73. The summed E-state index contributed by atoms with van der Waals surface area (Å²) in [6, 6.07) is 0.405. The zero-order valence-corrected chi connectivity index (χ0v) is 11.2. The third-order valence-electron chi connectivity index (χ3n) is 2.83. The van der Waals surface area contributed by atoms with Crippen LogP contribution < -0.4 is 5.73 Å². The predicted octanol–water partition coefficient (Wildman–Crippen LogP) is 1.72. The van der Waals surface area contributed by atoms with Crippen LogP contribution in [0, 0.1) is 5.92 Å². The Morgan fingerprint density at radius 1 is 1.33 bits per heavy atom. The van der Waals surface area contributed by atoms with E-state index in [2.05, 4.69) is 39.6 Å². The van der Waals surface area contributed by atoms with Crippen molar-refractivity contribution in [3.8, 4) is 0 Å². The molecule has 0 aliphatic rings. The van der Waals surface area contributed by atoms with Gasteiger partial charge in [-0.2, -0.15) is 0 Å². The molecular formula is C12H28N2O. The zero-order chi connectivity index (χ0) is 12.1. The van der Waals surface area contributed by atoms with Crippen molar-refractivity contribution < 1.29 is 4.74 Å². The van der Waals surface area contributed by atoms with Crippen LogP contribution in [0.15, 0.2) is 0 Å². The minimum absolute atomic E-state index is 0.0880. The average Bonchev–Trinajstić information content (AvgIpc) is 2.13. The highest BCUT2D eigenvalue weighted by atomic mass is 16.5. The number of hydrogen-bond acceptors (Lipinski definition) is 3. The second-order valence-electron chi connectivity index (χ2n) is 5.39. The van der Waals surface area contributed by atoms with Gasteiger partial charge in [0.25, 0.3) is 0 Å². The molecule has 0 saturated carbocycles. The number of ether oxygens (including phenoxy) is 1. The second-order valence-corrected chi connectivity index (χ2v) is 5.39. The van der Waals surface area contributed by atoms with E-state index in [4.69, 9.17) is 10.5 Å². The van der Waals surface area contributed by atoms with Crippen molar-refractivity contribution in [2.45, 2.75) is 45.8 Å². The third kappa shape index (κ3) is 6.13. The molecule has 1 unspecified atom stereocenters. The Bertz CT molecular complexity index is 169. The first-order valence-corrected chi connectivity index (χ1v) is 5.78. The lowest BCUT2D eigenvalue weighted by Crippen LogP contribution is -2.44. The summed E-state index contributed by atoms with van der Waals surface area (Å²) in [6.07, 6.45) is 0.975. The molecule has 0 aromatic carbocycles. The summed E-state index contributed by atoms with van der Waals surface area (Å²) in [4.78, 5) is 2.34. The molecule has 1 atom stereocenters. The van der Waals surface area contributed by atoms with Gasteiger partial charge in [0.15, 0.2) is 0 Å². The maximum absolute atomic E-state index is 5.81. The van der Waals surface area contributed by atoms with Crippen molar-refractivity contribution in [2.24, 2.45) is 11.7 Å². The van der Waals surface area contributed by atoms with Gasteiger partial charge in [0.2, 0.25) is 0 Å². The molecule has 0 aromatic rings. The Labute approximate surface area is 95.0 Å². The summed E-state index contributed by atoms with van der Waals surface area (Å²) < 4.78 is 5.44. The summed E-state index contributed by atoms with van der Waals surface area (Å²) in [7, 11) is 3.90. The highest BCUT2D eigenvalue weighted by molar-refractivity contribution is 4.80. The Morgan fingerprint density at radius 2 is 1.87 bits per heavy atom. The molecule has 3 nitrogen and oxygen atoms in total. The molecule has 0 aliphatic heterocycles. The summed E-state index contributed by atoms with van der Waals surface area (Å²) in [5.74, 6) is 0.676. The number of rotatable bonds is 7. The van der Waals surface area contributed by atoms with E-state index in [0.29, 0.717) is 18.5 Å². The van der Waals surface area contributed by atoms with E-state index in [9.17, 15) is 0 Å². The van der Waals surface area contributed by atoms with Crippen LogP contribution >= 0.6 is 0 Å². The van der Waals surface area contributed by atoms with Gasteiger partial charge in [-0.15, -0.1) is 0 Å². The fourth-order valence-corrected chi connectivity index (χ4v) is 1.79. The first-order valence-electron chi connectivity index (χ1n) is 5.78. The summed E-state index contributed by atoms with van der Waals surface area (Å²) >= 11 is 0. The molecule has 2 N–H and O–H groups in total. The first kappa shape index (κ1) is 14.9. The van der Waals surface area contributed by atoms with Gasteiger partial charge in [-0.25, -0.2) is 0 Å². The molecule has 0 rings (SSSR count). The van der Waals surface area contributed by atoms with Crippen LogP contribution in [0.3, 0.4) is 0 Å². The standard InChI is InChI=1S/C12H28N2O/c1-10(2)9-14(5)11(8-13)7-12(3,4)15-6/h10-11H,7-9,13H2,1-6H3. The normalized spacial score (nSPS) is 15.0. The van der Waals surface area contributed by atoms with E-state index in [-0.39, 0.29) is 5.60 Å². The Kier molecular flexibility index (Phi) is 6.41. The van der Waals surface area contributed by atoms with Crippen molar-refractivity contribution in [1.29, 1.82) is 0 Å². The molecule has 0 saturated heterocycles. The molecule has 0 aromatic heterocycles. The molecule has 0 fully saturated rings. The van der Waals surface area contributed by atoms with Crippen molar-refractivity contribution >= 4 is 0 Å². The van der Waals surface area contributed by atoms with E-state index in [1.165, 1.54) is 0 Å². The van der Waals surface area contributed by atoms with Gasteiger partial charge in [-0.1, -0.05) is 13.8 Å². The minimum Gasteiger partial charge on any atom is -0.379 e. The lowest BCUT2D eigenvalue weighted by Gasteiger charge is -2.34. The lowest BCUT2D eigenvalue weighted by atomic mass is 9.97. The fourth-order valence-electron chi connectivity index (χ4n) is 1.79. The molecular weight excluding hydrogens is 188 g/mol. The molecule has 0 heterocycles. The minimum atomic E-state index is -0.0880. The van der Waals surface area contributed by atoms with E-state index in [0.717, 1.165) is 13.0 Å². The zero-order valence-electron chi connectivity index (χ0n) is 11.2. The monoisotopic (exact) mass is 216 g/mol. The van der Waals surface area contributed by atoms with Crippen LogP contribution in [-0.4, -0.2) is 43.8 Å². The number of likely N-dealkylation sites (N-methyl/N-ethyl adjacent to an activating group) is 1. The van der Waals surface area contributed by atoms with E-state index >= 15 is 0 Å². The number of nitrogens with zero attached hydrogens (tertiary/aromatic N) is 1. The molecule has 0 amide bonds. The van der Waals surface area contributed by atoms with Crippen LogP contribution in [0.2, 0.25) is 0 Å². The molecule has 92 valence electrons. The second kappa shape index (κ2) is 6.46. The van der Waals surface area contributed by atoms with E-state index in [1.54, 1.807) is 7.11 Å². The van der Waals surface area contributed by atoms with Crippen LogP contribution in [0.4, 0.5) is 0 Å². The Balaban J connectivity index is 4.23. The van der Waals surface area contributed by atoms with E-state index < -0.39 is 0 Å². The quantitative estimate of drug-likeness (QED) is 0.704. The molecule has 15 heavy (non-hydrogen) atoms. The van der Waals surface area contributed by atoms with Gasteiger partial charge in [0.05, 0.1) is 5.60 Å². The predicted molar refractivity (Wildman–Crippen MR) is 66.0 cm³/mol. The summed E-state index contributed by atoms with van der Waals surface area (Å²) in [5, 5.41) is 0. The smallest absolute Gasteiger partial charge is 0.0638 e. The van der Waals surface area contributed by atoms with Crippen molar-refractivity contribution in [1.82, 2.24) is 4.90 Å². The molecule has 0 aliphatic carbocycles. The van der Waals surface area contributed by atoms with E-state index in [1.807, 2.05) is 0 Å². The molecule has 0 bridgehead atoms. The number of nitrogens with two attached hydrogens (primary N) is 1. The van der Waals surface area contributed by atoms with Crippen molar-refractivity contribution in [3.63, 3.8) is 0 Å². The third-order valence-corrected chi connectivity index (χ3v) is 2.83. The van der Waals surface area contributed by atoms with Gasteiger partial charge in [0.1, 0.15) is 0 Å². The maximum Gasteiger partial charge on any atom is 0.0638 e. The van der Waals surface area contributed by atoms with Gasteiger partial charge >= 0.3 is 0 Å². The van der Waals surface area contributed by atoms with Gasteiger partial charge in [0, 0.05) is 26.2 Å². The van der Waals surface area contributed by atoms with Gasteiger partial charge in [-0.3, -0.25) is 0 Å². The van der Waals surface area contributed by atoms with Crippen molar-refractivity contribution in [3.05, 3.63) is 0 Å². The SMILES string of the molecule is COC(C)(C)CC(CN)N(C)CC(C)C. The average molecular weight is 216 g/mol. The first-order chi connectivity index (χ1) is 6.82. The highest BCUT2D eigenvalue weighted by Crippen LogP contribution is 2.18. The van der Waals surface area contributed by atoms with Crippen LogP contribution in [0.1, 0.15) is 34.1 Å². The largest absolute Gasteiger partial charge is 0.379 e. The highest BCUT2D eigenvalue weighted by Gasteiger charge is 2.24. The Morgan fingerprint density at radius 3 is 2.20 bits per heavy atom. The number of hydrogen-bond donors (Lipinski definition) is 1. The van der Waals surface area contributed by atoms with Crippen LogP contribution in [-0.2, 0) is 4.74 Å². The van der Waals surface area contributed by atoms with Crippen LogP contribution in [0.25, 0.3) is 0 Å². The van der Waals surface area contributed by atoms with Gasteiger partial charge in [-0.05, 0) is 33.2 Å². The molecule has 0 spiro atoms. The van der Waals surface area contributed by atoms with Crippen molar-refractivity contribution in [2.75, 3.05) is 27.2 Å².